The van der Waals surface area contributed by atoms with E-state index in [0.717, 1.165) is 18.2 Å². The zero-order valence-corrected chi connectivity index (χ0v) is 9.52. The van der Waals surface area contributed by atoms with E-state index in [4.69, 9.17) is 5.11 Å². The van der Waals surface area contributed by atoms with Crippen LogP contribution in [0.1, 0.15) is 17.3 Å². The van der Waals surface area contributed by atoms with Gasteiger partial charge in [0.1, 0.15) is 22.9 Å². The maximum atomic E-state index is 13.1. The van der Waals surface area contributed by atoms with Crippen molar-refractivity contribution in [2.75, 3.05) is 0 Å². The van der Waals surface area contributed by atoms with Crippen LogP contribution in [-0.4, -0.2) is 20.9 Å². The van der Waals surface area contributed by atoms with E-state index in [2.05, 4.69) is 5.10 Å². The van der Waals surface area contributed by atoms with E-state index < -0.39 is 17.6 Å². The highest BCUT2D eigenvalue weighted by molar-refractivity contribution is 5.94. The molecule has 0 saturated carbocycles. The van der Waals surface area contributed by atoms with Gasteiger partial charge in [-0.25, -0.2) is 13.6 Å². The number of aryl methyl sites for hydroxylation is 1. The van der Waals surface area contributed by atoms with Crippen LogP contribution in [0.2, 0.25) is 0 Å². The molecule has 2 rings (SSSR count). The molecule has 1 aromatic carbocycles. The minimum atomic E-state index is -1.19. The van der Waals surface area contributed by atoms with Crippen molar-refractivity contribution in [1.82, 2.24) is 9.78 Å². The lowest BCUT2D eigenvalue weighted by molar-refractivity contribution is 0.0697. The van der Waals surface area contributed by atoms with Crippen LogP contribution in [0.25, 0.3) is 11.3 Å². The summed E-state index contributed by atoms with van der Waals surface area (Å²) >= 11 is 0. The van der Waals surface area contributed by atoms with Crippen molar-refractivity contribution in [3.63, 3.8) is 0 Å². The Kier molecular flexibility index (Phi) is 3.10. The van der Waals surface area contributed by atoms with Gasteiger partial charge in [-0.1, -0.05) is 0 Å². The molecule has 0 spiro atoms. The fourth-order valence-corrected chi connectivity index (χ4v) is 1.64. The zero-order valence-electron chi connectivity index (χ0n) is 9.52. The van der Waals surface area contributed by atoms with Gasteiger partial charge in [0.05, 0.1) is 0 Å². The van der Waals surface area contributed by atoms with Gasteiger partial charge in [-0.2, -0.15) is 5.10 Å². The molecule has 0 radical (unpaired) electrons. The van der Waals surface area contributed by atoms with Gasteiger partial charge in [-0.15, -0.1) is 0 Å². The minimum absolute atomic E-state index is 0.0581. The molecule has 4 nitrogen and oxygen atoms in total. The van der Waals surface area contributed by atoms with Crippen LogP contribution >= 0.6 is 0 Å². The number of aromatic nitrogens is 2. The van der Waals surface area contributed by atoms with Crippen molar-refractivity contribution >= 4 is 5.97 Å². The quantitative estimate of drug-likeness (QED) is 0.913. The lowest BCUT2D eigenvalue weighted by Gasteiger charge is -2.00. The normalized spacial score (nSPS) is 10.6. The molecule has 1 heterocycles. The SMILES string of the molecule is CCn1cc(C(=O)O)c(-c2cc(F)cc(F)c2)n1. The summed E-state index contributed by atoms with van der Waals surface area (Å²) in [4.78, 5) is 11.1. The first kappa shape index (κ1) is 12.2. The number of hydrogen-bond donors (Lipinski definition) is 1. The van der Waals surface area contributed by atoms with Gasteiger partial charge >= 0.3 is 5.97 Å². The molecule has 2 aromatic rings. The number of rotatable bonds is 3. The number of benzene rings is 1. The molecule has 0 aliphatic heterocycles. The third-order valence-electron chi connectivity index (χ3n) is 2.45. The maximum absolute atomic E-state index is 13.1. The lowest BCUT2D eigenvalue weighted by atomic mass is 10.1. The Hall–Kier alpha value is -2.24. The summed E-state index contributed by atoms with van der Waals surface area (Å²) in [6.07, 6.45) is 1.33. The van der Waals surface area contributed by atoms with Crippen LogP contribution in [0.15, 0.2) is 24.4 Å². The van der Waals surface area contributed by atoms with E-state index in [-0.39, 0.29) is 16.8 Å². The molecule has 0 aliphatic rings. The molecule has 18 heavy (non-hydrogen) atoms. The average molecular weight is 252 g/mol. The largest absolute Gasteiger partial charge is 0.478 e. The highest BCUT2D eigenvalue weighted by Gasteiger charge is 2.17. The fourth-order valence-electron chi connectivity index (χ4n) is 1.64. The first-order valence-corrected chi connectivity index (χ1v) is 5.28. The van der Waals surface area contributed by atoms with Crippen molar-refractivity contribution in [2.45, 2.75) is 13.5 Å². The Labute approximate surface area is 101 Å². The maximum Gasteiger partial charge on any atom is 0.339 e. The second kappa shape index (κ2) is 4.56. The highest BCUT2D eigenvalue weighted by atomic mass is 19.1. The van der Waals surface area contributed by atoms with E-state index in [1.807, 2.05) is 0 Å². The van der Waals surface area contributed by atoms with E-state index >= 15 is 0 Å². The molecule has 0 atom stereocenters. The van der Waals surface area contributed by atoms with Gasteiger partial charge in [0, 0.05) is 24.4 Å². The van der Waals surface area contributed by atoms with Gasteiger partial charge in [0.15, 0.2) is 0 Å². The lowest BCUT2D eigenvalue weighted by Crippen LogP contribution is -1.97. The number of carbonyl (C=O) groups is 1. The van der Waals surface area contributed by atoms with Gasteiger partial charge in [0.2, 0.25) is 0 Å². The number of aromatic carboxylic acids is 1. The van der Waals surface area contributed by atoms with Crippen molar-refractivity contribution in [3.05, 3.63) is 41.6 Å². The van der Waals surface area contributed by atoms with Crippen LogP contribution in [0.5, 0.6) is 0 Å². The van der Waals surface area contributed by atoms with Crippen LogP contribution < -0.4 is 0 Å². The van der Waals surface area contributed by atoms with E-state index in [9.17, 15) is 13.6 Å². The number of carboxylic acid groups (broad SMARTS) is 1. The van der Waals surface area contributed by atoms with Crippen LogP contribution in [0, 0.1) is 11.6 Å². The van der Waals surface area contributed by atoms with Crippen LogP contribution in [0.3, 0.4) is 0 Å². The van der Waals surface area contributed by atoms with Crippen molar-refractivity contribution < 1.29 is 18.7 Å². The summed E-state index contributed by atoms with van der Waals surface area (Å²) in [5.74, 6) is -2.73. The molecule has 1 aromatic heterocycles. The van der Waals surface area contributed by atoms with Crippen molar-refractivity contribution in [1.29, 1.82) is 0 Å². The Bertz CT molecular complexity index is 588. The summed E-state index contributed by atoms with van der Waals surface area (Å²) in [5, 5.41) is 13.0. The Morgan fingerprint density at radius 1 is 1.33 bits per heavy atom. The summed E-state index contributed by atoms with van der Waals surface area (Å²) in [6, 6.07) is 2.83. The molecule has 0 aliphatic carbocycles. The fraction of sp³-hybridized carbons (Fsp3) is 0.167. The molecular weight excluding hydrogens is 242 g/mol. The smallest absolute Gasteiger partial charge is 0.339 e. The van der Waals surface area contributed by atoms with Crippen molar-refractivity contribution in [3.8, 4) is 11.3 Å². The Morgan fingerprint density at radius 2 is 1.94 bits per heavy atom. The summed E-state index contributed by atoms with van der Waals surface area (Å²) in [7, 11) is 0. The molecule has 0 fully saturated rings. The molecule has 1 N–H and O–H groups in total. The summed E-state index contributed by atoms with van der Waals surface area (Å²) < 4.78 is 27.6. The standard InChI is InChI=1S/C12H10F2N2O2/c1-2-16-6-10(12(17)18)11(15-16)7-3-8(13)5-9(14)4-7/h3-6H,2H2,1H3,(H,17,18). The van der Waals surface area contributed by atoms with Gasteiger partial charge in [0.25, 0.3) is 0 Å². The van der Waals surface area contributed by atoms with Crippen LogP contribution in [-0.2, 0) is 6.54 Å². The Morgan fingerprint density at radius 3 is 2.44 bits per heavy atom. The zero-order chi connectivity index (χ0) is 13.3. The van der Waals surface area contributed by atoms with Gasteiger partial charge in [-0.05, 0) is 19.1 Å². The molecule has 0 amide bonds. The summed E-state index contributed by atoms with van der Waals surface area (Å²) in [6.45, 7) is 2.26. The number of halogens is 2. The first-order valence-electron chi connectivity index (χ1n) is 5.28. The molecule has 0 saturated heterocycles. The topological polar surface area (TPSA) is 55.1 Å². The third kappa shape index (κ3) is 2.22. The molecular formula is C12H10F2N2O2. The highest BCUT2D eigenvalue weighted by Crippen LogP contribution is 2.24. The first-order chi connectivity index (χ1) is 8.51. The molecule has 0 bridgehead atoms. The predicted molar refractivity (Wildman–Crippen MR) is 60.2 cm³/mol. The van der Waals surface area contributed by atoms with Gasteiger partial charge < -0.3 is 5.11 Å². The summed E-state index contributed by atoms with van der Waals surface area (Å²) in [5.41, 5.74) is 0.0849. The molecule has 94 valence electrons. The number of nitrogens with zero attached hydrogens (tertiary/aromatic N) is 2. The molecule has 6 heteroatoms. The van der Waals surface area contributed by atoms with E-state index in [1.165, 1.54) is 10.9 Å². The van der Waals surface area contributed by atoms with Gasteiger partial charge in [-0.3, -0.25) is 4.68 Å². The third-order valence-corrected chi connectivity index (χ3v) is 2.45. The predicted octanol–water partition coefficient (Wildman–Crippen LogP) is 2.55. The minimum Gasteiger partial charge on any atom is -0.478 e. The average Bonchev–Trinajstić information content (AvgIpc) is 2.71. The van der Waals surface area contributed by atoms with E-state index in [0.29, 0.717) is 6.54 Å². The number of hydrogen-bond acceptors (Lipinski definition) is 2. The monoisotopic (exact) mass is 252 g/mol. The van der Waals surface area contributed by atoms with Crippen LogP contribution in [0.4, 0.5) is 8.78 Å². The Balaban J connectivity index is 2.61. The second-order valence-electron chi connectivity index (χ2n) is 3.71. The van der Waals surface area contributed by atoms with Crippen molar-refractivity contribution in [2.24, 2.45) is 0 Å². The second-order valence-corrected chi connectivity index (χ2v) is 3.71. The molecule has 0 unspecified atom stereocenters. The number of carboxylic acids is 1. The van der Waals surface area contributed by atoms with E-state index in [1.54, 1.807) is 6.92 Å².